The first-order valence-corrected chi connectivity index (χ1v) is 4.70. The van der Waals surface area contributed by atoms with E-state index in [1.54, 1.807) is 12.1 Å². The zero-order valence-corrected chi connectivity index (χ0v) is 8.34. The lowest BCUT2D eigenvalue weighted by atomic mass is 10.0. The third-order valence-corrected chi connectivity index (χ3v) is 2.23. The van der Waals surface area contributed by atoms with Gasteiger partial charge in [-0.3, -0.25) is 9.59 Å². The predicted octanol–water partition coefficient (Wildman–Crippen LogP) is 1.66. The molecule has 2 aromatic rings. The highest BCUT2D eigenvalue weighted by atomic mass is 16.7. The van der Waals surface area contributed by atoms with Gasteiger partial charge in [-0.25, -0.2) is 0 Å². The predicted molar refractivity (Wildman–Crippen MR) is 58.6 cm³/mol. The zero-order valence-electron chi connectivity index (χ0n) is 8.34. The largest absolute Gasteiger partial charge is 0.344 e. The topological polar surface area (TPSA) is 55.4 Å². The van der Waals surface area contributed by atoms with E-state index in [2.05, 4.69) is 4.84 Å². The van der Waals surface area contributed by atoms with Crippen molar-refractivity contribution in [1.29, 1.82) is 0 Å². The Bertz CT molecular complexity index is 531. The van der Waals surface area contributed by atoms with Gasteiger partial charge in [-0.2, -0.15) is 5.48 Å². The van der Waals surface area contributed by atoms with Gasteiger partial charge in [-0.1, -0.05) is 36.4 Å². The molecule has 4 heteroatoms. The van der Waals surface area contributed by atoms with E-state index in [1.807, 2.05) is 35.8 Å². The van der Waals surface area contributed by atoms with E-state index in [-0.39, 0.29) is 6.47 Å². The number of hydroxylamine groups is 1. The molecule has 0 unspecified atom stereocenters. The number of hydrogen-bond donors (Lipinski definition) is 1. The monoisotopic (exact) mass is 215 g/mol. The minimum Gasteiger partial charge on any atom is -0.344 e. The van der Waals surface area contributed by atoms with Crippen molar-refractivity contribution in [3.8, 4) is 0 Å². The summed E-state index contributed by atoms with van der Waals surface area (Å²) >= 11 is 0. The van der Waals surface area contributed by atoms with Crippen LogP contribution in [0.2, 0.25) is 0 Å². The van der Waals surface area contributed by atoms with Gasteiger partial charge in [-0.15, -0.1) is 0 Å². The molecular formula is C12H9NO3. The highest BCUT2D eigenvalue weighted by Gasteiger charge is 2.08. The molecule has 2 rings (SSSR count). The van der Waals surface area contributed by atoms with Gasteiger partial charge < -0.3 is 4.84 Å². The molecule has 1 N–H and O–H groups in total. The first-order chi connectivity index (χ1) is 7.83. The van der Waals surface area contributed by atoms with Crippen LogP contribution in [-0.4, -0.2) is 12.4 Å². The van der Waals surface area contributed by atoms with Crippen LogP contribution in [0, 0.1) is 0 Å². The van der Waals surface area contributed by atoms with E-state index in [4.69, 9.17) is 0 Å². The fraction of sp³-hybridized carbons (Fsp3) is 0. The number of rotatable bonds is 3. The number of amides is 1. The molecule has 0 spiro atoms. The molecule has 4 nitrogen and oxygen atoms in total. The Hall–Kier alpha value is -2.36. The molecule has 0 atom stereocenters. The number of nitrogens with one attached hydrogen (secondary N) is 1. The van der Waals surface area contributed by atoms with Crippen LogP contribution in [0.4, 0.5) is 0 Å². The Morgan fingerprint density at radius 2 is 1.88 bits per heavy atom. The van der Waals surface area contributed by atoms with Crippen molar-refractivity contribution >= 4 is 23.2 Å². The van der Waals surface area contributed by atoms with Crippen molar-refractivity contribution in [3.05, 3.63) is 48.0 Å². The molecule has 1 amide bonds. The number of fused-ring (bicyclic) bond motifs is 1. The first kappa shape index (κ1) is 10.2. The molecule has 2 aromatic carbocycles. The van der Waals surface area contributed by atoms with Gasteiger partial charge in [0.15, 0.2) is 0 Å². The Morgan fingerprint density at radius 1 is 1.12 bits per heavy atom. The van der Waals surface area contributed by atoms with Crippen molar-refractivity contribution in [2.24, 2.45) is 0 Å². The molecule has 0 aliphatic rings. The number of hydrogen-bond acceptors (Lipinski definition) is 3. The molecule has 16 heavy (non-hydrogen) atoms. The van der Waals surface area contributed by atoms with Gasteiger partial charge >= 0.3 is 6.47 Å². The van der Waals surface area contributed by atoms with Crippen molar-refractivity contribution in [2.45, 2.75) is 0 Å². The highest BCUT2D eigenvalue weighted by Crippen LogP contribution is 2.18. The van der Waals surface area contributed by atoms with Gasteiger partial charge in [0.2, 0.25) is 0 Å². The van der Waals surface area contributed by atoms with Crippen LogP contribution in [-0.2, 0) is 9.63 Å². The van der Waals surface area contributed by atoms with Crippen LogP contribution in [0.5, 0.6) is 0 Å². The standard InChI is InChI=1S/C12H9NO3/c14-8-16-13-12(15)11-7-3-5-9-4-1-2-6-10(9)11/h1-8H,(H,13,15). The maximum Gasteiger partial charge on any atom is 0.320 e. The van der Waals surface area contributed by atoms with Crippen molar-refractivity contribution in [3.63, 3.8) is 0 Å². The molecule has 0 heterocycles. The van der Waals surface area contributed by atoms with Crippen LogP contribution in [0.25, 0.3) is 10.8 Å². The molecule has 0 bridgehead atoms. The van der Waals surface area contributed by atoms with Crippen molar-refractivity contribution in [1.82, 2.24) is 5.48 Å². The van der Waals surface area contributed by atoms with Crippen LogP contribution >= 0.6 is 0 Å². The average molecular weight is 215 g/mol. The maximum absolute atomic E-state index is 11.6. The Morgan fingerprint density at radius 3 is 2.69 bits per heavy atom. The van der Waals surface area contributed by atoms with Crippen molar-refractivity contribution < 1.29 is 14.4 Å². The minimum absolute atomic E-state index is 0.170. The zero-order chi connectivity index (χ0) is 11.4. The van der Waals surface area contributed by atoms with E-state index < -0.39 is 5.91 Å². The molecule has 0 aliphatic carbocycles. The third-order valence-electron chi connectivity index (χ3n) is 2.23. The lowest BCUT2D eigenvalue weighted by Gasteiger charge is -2.05. The van der Waals surface area contributed by atoms with E-state index in [0.717, 1.165) is 10.8 Å². The number of carbonyl (C=O) groups excluding carboxylic acids is 2. The van der Waals surface area contributed by atoms with Crippen LogP contribution < -0.4 is 5.48 Å². The highest BCUT2D eigenvalue weighted by molar-refractivity contribution is 6.06. The molecule has 80 valence electrons. The summed E-state index contributed by atoms with van der Waals surface area (Å²) in [5.74, 6) is -0.441. The second-order valence-electron chi connectivity index (χ2n) is 3.17. The SMILES string of the molecule is O=CONC(=O)c1cccc2ccccc12. The van der Waals surface area contributed by atoms with E-state index >= 15 is 0 Å². The quantitative estimate of drug-likeness (QED) is 0.625. The van der Waals surface area contributed by atoms with E-state index in [9.17, 15) is 9.59 Å². The van der Waals surface area contributed by atoms with E-state index in [1.165, 1.54) is 0 Å². The third kappa shape index (κ3) is 1.86. The van der Waals surface area contributed by atoms with Crippen LogP contribution in [0.1, 0.15) is 10.4 Å². The average Bonchev–Trinajstić information content (AvgIpc) is 2.35. The number of benzene rings is 2. The second-order valence-corrected chi connectivity index (χ2v) is 3.17. The van der Waals surface area contributed by atoms with Gasteiger partial charge in [0, 0.05) is 0 Å². The summed E-state index contributed by atoms with van der Waals surface area (Å²) in [6.45, 7) is 0.170. The summed E-state index contributed by atoms with van der Waals surface area (Å²) in [4.78, 5) is 25.8. The Balaban J connectivity index is 2.44. The molecule has 0 saturated carbocycles. The summed E-state index contributed by atoms with van der Waals surface area (Å²) in [6.07, 6.45) is 0. The van der Waals surface area contributed by atoms with Gasteiger partial charge in [-0.05, 0) is 16.8 Å². The maximum atomic E-state index is 11.6. The van der Waals surface area contributed by atoms with Gasteiger partial charge in [0.25, 0.3) is 5.91 Å². The Labute approximate surface area is 91.8 Å². The summed E-state index contributed by atoms with van der Waals surface area (Å²) in [7, 11) is 0. The van der Waals surface area contributed by atoms with Crippen molar-refractivity contribution in [2.75, 3.05) is 0 Å². The summed E-state index contributed by atoms with van der Waals surface area (Å²) in [6, 6.07) is 12.8. The molecule has 0 radical (unpaired) electrons. The lowest BCUT2D eigenvalue weighted by Crippen LogP contribution is -2.23. The fourth-order valence-electron chi connectivity index (χ4n) is 1.56. The van der Waals surface area contributed by atoms with Gasteiger partial charge in [0.05, 0.1) is 5.56 Å². The molecule has 0 fully saturated rings. The Kier molecular flexibility index (Phi) is 2.82. The smallest absolute Gasteiger partial charge is 0.320 e. The molecule has 0 saturated heterocycles. The second kappa shape index (κ2) is 4.44. The normalized spacial score (nSPS) is 9.75. The summed E-state index contributed by atoms with van der Waals surface area (Å²) in [5, 5.41) is 1.78. The summed E-state index contributed by atoms with van der Waals surface area (Å²) in [5.41, 5.74) is 2.51. The minimum atomic E-state index is -0.441. The summed E-state index contributed by atoms with van der Waals surface area (Å²) < 4.78 is 0. The van der Waals surface area contributed by atoms with Gasteiger partial charge in [0.1, 0.15) is 0 Å². The fourth-order valence-corrected chi connectivity index (χ4v) is 1.56. The molecular weight excluding hydrogens is 206 g/mol. The van der Waals surface area contributed by atoms with E-state index in [0.29, 0.717) is 5.56 Å². The molecule has 0 aromatic heterocycles. The molecule has 0 aliphatic heterocycles. The number of carbonyl (C=O) groups is 2. The first-order valence-electron chi connectivity index (χ1n) is 4.70. The van der Waals surface area contributed by atoms with Crippen LogP contribution in [0.15, 0.2) is 42.5 Å². The van der Waals surface area contributed by atoms with Crippen LogP contribution in [0.3, 0.4) is 0 Å². The lowest BCUT2D eigenvalue weighted by molar-refractivity contribution is -0.133.